The first-order valence-corrected chi connectivity index (χ1v) is 7.19. The van der Waals surface area contributed by atoms with Gasteiger partial charge in [0, 0.05) is 17.5 Å². The molecule has 0 amide bonds. The number of carbonyl (C=O) groups is 1. The standard InChI is InChI=1S/C16H21NO/c18-16(13-7-2-1-3-8-13)14-9-6-12-17-11-5-4-10-15(14)17/h1-3,7-8,14-15H,4-6,9-12H2. The van der Waals surface area contributed by atoms with Crippen molar-refractivity contribution in [3.8, 4) is 0 Å². The van der Waals surface area contributed by atoms with Crippen LogP contribution in [-0.4, -0.2) is 29.8 Å². The van der Waals surface area contributed by atoms with Crippen LogP contribution in [0, 0.1) is 5.92 Å². The average molecular weight is 243 g/mol. The van der Waals surface area contributed by atoms with Crippen LogP contribution < -0.4 is 0 Å². The summed E-state index contributed by atoms with van der Waals surface area (Å²) in [6.07, 6.45) is 6.07. The summed E-state index contributed by atoms with van der Waals surface area (Å²) in [7, 11) is 0. The minimum Gasteiger partial charge on any atom is -0.300 e. The predicted octanol–water partition coefficient (Wildman–Crippen LogP) is 3.13. The molecule has 0 spiro atoms. The number of fused-ring (bicyclic) bond motifs is 1. The van der Waals surface area contributed by atoms with Gasteiger partial charge in [-0.3, -0.25) is 9.69 Å². The van der Waals surface area contributed by atoms with E-state index in [1.165, 1.54) is 38.8 Å². The van der Waals surface area contributed by atoms with Gasteiger partial charge in [-0.15, -0.1) is 0 Å². The SMILES string of the molecule is O=C(c1ccccc1)C1CCCN2CCCCC12. The molecule has 18 heavy (non-hydrogen) atoms. The summed E-state index contributed by atoms with van der Waals surface area (Å²) in [6, 6.07) is 10.3. The second-order valence-electron chi connectivity index (χ2n) is 5.58. The lowest BCUT2D eigenvalue weighted by Gasteiger charge is -2.43. The topological polar surface area (TPSA) is 20.3 Å². The van der Waals surface area contributed by atoms with Gasteiger partial charge in [0.15, 0.2) is 5.78 Å². The average Bonchev–Trinajstić information content (AvgIpc) is 2.47. The lowest BCUT2D eigenvalue weighted by molar-refractivity contribution is 0.0479. The monoisotopic (exact) mass is 243 g/mol. The molecule has 0 saturated carbocycles. The van der Waals surface area contributed by atoms with Crippen LogP contribution >= 0.6 is 0 Å². The molecule has 2 atom stereocenters. The third-order valence-electron chi connectivity index (χ3n) is 4.48. The van der Waals surface area contributed by atoms with E-state index < -0.39 is 0 Å². The van der Waals surface area contributed by atoms with E-state index in [-0.39, 0.29) is 5.92 Å². The molecule has 0 bridgehead atoms. The van der Waals surface area contributed by atoms with E-state index in [9.17, 15) is 4.79 Å². The van der Waals surface area contributed by atoms with Gasteiger partial charge < -0.3 is 0 Å². The van der Waals surface area contributed by atoms with E-state index in [0.717, 1.165) is 12.0 Å². The van der Waals surface area contributed by atoms with Crippen molar-refractivity contribution in [1.82, 2.24) is 4.90 Å². The number of hydrogen-bond donors (Lipinski definition) is 0. The molecule has 0 radical (unpaired) electrons. The lowest BCUT2D eigenvalue weighted by Crippen LogP contribution is -2.50. The van der Waals surface area contributed by atoms with Gasteiger partial charge in [-0.05, 0) is 38.8 Å². The number of carbonyl (C=O) groups excluding carboxylic acids is 1. The molecule has 2 heterocycles. The van der Waals surface area contributed by atoms with E-state index in [2.05, 4.69) is 4.90 Å². The Morgan fingerprint density at radius 2 is 1.78 bits per heavy atom. The van der Waals surface area contributed by atoms with Gasteiger partial charge in [0.05, 0.1) is 0 Å². The van der Waals surface area contributed by atoms with Gasteiger partial charge in [0.2, 0.25) is 0 Å². The Morgan fingerprint density at radius 1 is 1.00 bits per heavy atom. The van der Waals surface area contributed by atoms with Crippen molar-refractivity contribution in [2.24, 2.45) is 5.92 Å². The Balaban J connectivity index is 1.80. The van der Waals surface area contributed by atoms with Crippen molar-refractivity contribution in [2.45, 2.75) is 38.1 Å². The van der Waals surface area contributed by atoms with Crippen LogP contribution in [0.5, 0.6) is 0 Å². The molecule has 2 fully saturated rings. The molecule has 2 unspecified atom stereocenters. The molecule has 2 nitrogen and oxygen atoms in total. The largest absolute Gasteiger partial charge is 0.300 e. The number of hydrogen-bond acceptors (Lipinski definition) is 2. The van der Waals surface area contributed by atoms with Crippen LogP contribution in [-0.2, 0) is 0 Å². The first-order valence-electron chi connectivity index (χ1n) is 7.19. The van der Waals surface area contributed by atoms with Crippen molar-refractivity contribution in [3.05, 3.63) is 35.9 Å². The second kappa shape index (κ2) is 5.23. The molecule has 1 aromatic rings. The molecule has 96 valence electrons. The van der Waals surface area contributed by atoms with Crippen LogP contribution in [0.25, 0.3) is 0 Å². The molecule has 2 aliphatic rings. The zero-order valence-corrected chi connectivity index (χ0v) is 10.8. The Labute approximate surface area is 109 Å². The molecular formula is C16H21NO. The molecule has 0 aliphatic carbocycles. The maximum Gasteiger partial charge on any atom is 0.167 e. The minimum atomic E-state index is 0.237. The highest BCUT2D eigenvalue weighted by molar-refractivity contribution is 5.98. The highest BCUT2D eigenvalue weighted by Gasteiger charge is 2.37. The van der Waals surface area contributed by atoms with Crippen molar-refractivity contribution < 1.29 is 4.79 Å². The molecule has 2 heteroatoms. The van der Waals surface area contributed by atoms with Gasteiger partial charge >= 0.3 is 0 Å². The molecule has 3 rings (SSSR count). The summed E-state index contributed by atoms with van der Waals surface area (Å²) in [5.74, 6) is 0.605. The number of benzene rings is 1. The minimum absolute atomic E-state index is 0.237. The normalized spacial score (nSPS) is 28.7. The molecule has 0 aromatic heterocycles. The summed E-state index contributed by atoms with van der Waals surface area (Å²) in [5.41, 5.74) is 0.898. The number of Topliss-reactive ketones (excluding diaryl/α,β-unsaturated/α-hetero) is 1. The van der Waals surface area contributed by atoms with E-state index in [0.29, 0.717) is 11.8 Å². The van der Waals surface area contributed by atoms with Gasteiger partial charge in [-0.2, -0.15) is 0 Å². The third kappa shape index (κ3) is 2.22. The number of nitrogens with zero attached hydrogens (tertiary/aromatic N) is 1. The van der Waals surface area contributed by atoms with E-state index in [4.69, 9.17) is 0 Å². The molecular weight excluding hydrogens is 222 g/mol. The van der Waals surface area contributed by atoms with Crippen molar-refractivity contribution in [2.75, 3.05) is 13.1 Å². The summed E-state index contributed by atoms with van der Waals surface area (Å²) in [6.45, 7) is 2.40. The smallest absolute Gasteiger partial charge is 0.167 e. The second-order valence-corrected chi connectivity index (χ2v) is 5.58. The van der Waals surface area contributed by atoms with Crippen LogP contribution in [0.3, 0.4) is 0 Å². The van der Waals surface area contributed by atoms with Crippen molar-refractivity contribution in [1.29, 1.82) is 0 Å². The predicted molar refractivity (Wildman–Crippen MR) is 72.7 cm³/mol. The Hall–Kier alpha value is -1.15. The van der Waals surface area contributed by atoms with Crippen LogP contribution in [0.2, 0.25) is 0 Å². The third-order valence-corrected chi connectivity index (χ3v) is 4.48. The molecule has 0 N–H and O–H groups in total. The molecule has 2 saturated heterocycles. The van der Waals surface area contributed by atoms with Crippen LogP contribution in [0.15, 0.2) is 30.3 Å². The first-order chi connectivity index (χ1) is 8.86. The quantitative estimate of drug-likeness (QED) is 0.744. The highest BCUT2D eigenvalue weighted by atomic mass is 16.1. The maximum absolute atomic E-state index is 12.6. The summed E-state index contributed by atoms with van der Waals surface area (Å²) in [5, 5.41) is 0. The fourth-order valence-electron chi connectivity index (χ4n) is 3.58. The maximum atomic E-state index is 12.6. The number of rotatable bonds is 2. The van der Waals surface area contributed by atoms with Crippen LogP contribution in [0.1, 0.15) is 42.5 Å². The summed E-state index contributed by atoms with van der Waals surface area (Å²) in [4.78, 5) is 15.2. The van der Waals surface area contributed by atoms with Gasteiger partial charge in [-0.25, -0.2) is 0 Å². The number of piperidine rings is 2. The van der Waals surface area contributed by atoms with E-state index in [1.54, 1.807) is 0 Å². The van der Waals surface area contributed by atoms with Gasteiger partial charge in [0.1, 0.15) is 0 Å². The Kier molecular flexibility index (Phi) is 3.46. The fraction of sp³-hybridized carbons (Fsp3) is 0.562. The Morgan fingerprint density at radius 3 is 2.61 bits per heavy atom. The number of ketones is 1. The van der Waals surface area contributed by atoms with Gasteiger partial charge in [0.25, 0.3) is 0 Å². The zero-order valence-electron chi connectivity index (χ0n) is 10.8. The molecule has 2 aliphatic heterocycles. The van der Waals surface area contributed by atoms with E-state index >= 15 is 0 Å². The fourth-order valence-corrected chi connectivity index (χ4v) is 3.58. The lowest BCUT2D eigenvalue weighted by atomic mass is 9.79. The van der Waals surface area contributed by atoms with Crippen LogP contribution in [0.4, 0.5) is 0 Å². The summed E-state index contributed by atoms with van der Waals surface area (Å²) < 4.78 is 0. The Bertz CT molecular complexity index is 412. The first kappa shape index (κ1) is 11.9. The van der Waals surface area contributed by atoms with E-state index in [1.807, 2.05) is 30.3 Å². The summed E-state index contributed by atoms with van der Waals surface area (Å²) >= 11 is 0. The van der Waals surface area contributed by atoms with Crippen molar-refractivity contribution >= 4 is 5.78 Å². The highest BCUT2D eigenvalue weighted by Crippen LogP contribution is 2.32. The molecule has 1 aromatic carbocycles. The van der Waals surface area contributed by atoms with Crippen molar-refractivity contribution in [3.63, 3.8) is 0 Å². The van der Waals surface area contributed by atoms with Gasteiger partial charge in [-0.1, -0.05) is 36.8 Å². The zero-order chi connectivity index (χ0) is 12.4.